The van der Waals surface area contributed by atoms with Crippen LogP contribution in [0.3, 0.4) is 0 Å². The monoisotopic (exact) mass is 939 g/mol. The predicted molar refractivity (Wildman–Crippen MR) is 241 cm³/mol. The largest absolute Gasteiger partial charge is 0.493 e. The fourth-order valence-electron chi connectivity index (χ4n) is 7.28. The van der Waals surface area contributed by atoms with Crippen molar-refractivity contribution in [3.63, 3.8) is 0 Å². The molecule has 0 amide bonds. The molecule has 6 rings (SSSR count). The lowest BCUT2D eigenvalue weighted by atomic mass is 9.97. The maximum atomic E-state index is 14.0. The summed E-state index contributed by atoms with van der Waals surface area (Å²) < 4.78 is 76.0. The number of anilines is 1. The zero-order valence-electron chi connectivity index (χ0n) is 37.2. The van der Waals surface area contributed by atoms with Gasteiger partial charge in [0.05, 0.1) is 59.0 Å². The maximum absolute atomic E-state index is 14.0. The molecule has 1 fully saturated rings. The van der Waals surface area contributed by atoms with Crippen LogP contribution in [0.5, 0.6) is 5.75 Å². The number of halogens is 1. The number of hydrogen-bond donors (Lipinski definition) is 3. The van der Waals surface area contributed by atoms with E-state index in [0.29, 0.717) is 45.7 Å². The van der Waals surface area contributed by atoms with E-state index in [1.807, 2.05) is 20.8 Å². The smallest absolute Gasteiger partial charge is 0.327 e. The van der Waals surface area contributed by atoms with Crippen LogP contribution in [0.15, 0.2) is 58.2 Å². The highest BCUT2D eigenvalue weighted by Gasteiger charge is 2.32. The van der Waals surface area contributed by atoms with Crippen LogP contribution in [-0.4, -0.2) is 130 Å². The molecule has 0 bridgehead atoms. The number of piperazine rings is 1. The van der Waals surface area contributed by atoms with Crippen LogP contribution >= 0.6 is 0 Å². The van der Waals surface area contributed by atoms with Crippen LogP contribution in [0.1, 0.15) is 69.8 Å². The second-order valence-electron chi connectivity index (χ2n) is 15.9. The molecule has 0 saturated carbocycles. The highest BCUT2D eigenvalue weighted by Crippen LogP contribution is 2.34. The van der Waals surface area contributed by atoms with Gasteiger partial charge >= 0.3 is 5.97 Å². The topological polar surface area (TPSA) is 243 Å². The van der Waals surface area contributed by atoms with E-state index < -0.39 is 56.0 Å². The van der Waals surface area contributed by atoms with Crippen LogP contribution < -0.4 is 14.6 Å². The van der Waals surface area contributed by atoms with Crippen LogP contribution in [0.4, 0.5) is 10.3 Å². The third-order valence-corrected chi connectivity index (χ3v) is 13.7. The van der Waals surface area contributed by atoms with E-state index in [9.17, 15) is 41.0 Å². The van der Waals surface area contributed by atoms with Crippen molar-refractivity contribution in [1.29, 1.82) is 0 Å². The molecule has 0 spiro atoms. The molecule has 3 N–H and O–H groups in total. The van der Waals surface area contributed by atoms with E-state index in [1.165, 1.54) is 75.7 Å². The van der Waals surface area contributed by atoms with Crippen molar-refractivity contribution >= 4 is 49.1 Å². The number of hydroxylamine groups is 2. The number of nitrogens with one attached hydrogen (secondary N) is 1. The van der Waals surface area contributed by atoms with E-state index >= 15 is 0 Å². The van der Waals surface area contributed by atoms with Crippen molar-refractivity contribution in [3.05, 3.63) is 81.7 Å². The summed E-state index contributed by atoms with van der Waals surface area (Å²) in [5, 5.41) is 27.5. The minimum Gasteiger partial charge on any atom is -0.493 e. The standard InChI is InChI=1S/C43H54FN9O10S2/c1-8-10-34-39-40(50(5)49-34)42(57)48-41(45-39)33-25-31(16-18-35(33)62-9-2)65(60,61)53-21-19-52(20-22-53)63-36(56)24-30(55)23-29(54)15-17-32-37(26(3)4)46-43(51(6)64(7,58)59)47-38(32)27-11-13-28(44)14-12-27/h11-18,25-26,29-30,54-55H,8-10,19-24H2,1-7H3,(H,45,48,57)/b17-15+/t29-,30+/m0/s1. The van der Waals surface area contributed by atoms with Crippen LogP contribution in [0, 0.1) is 5.82 Å². The molecule has 2 atom stereocenters. The Labute approximate surface area is 376 Å². The first-order valence-corrected chi connectivity index (χ1v) is 24.4. The number of hydrogen-bond acceptors (Lipinski definition) is 15. The van der Waals surface area contributed by atoms with Gasteiger partial charge in [0.15, 0.2) is 5.52 Å². The predicted octanol–water partition coefficient (Wildman–Crippen LogP) is 3.77. The van der Waals surface area contributed by atoms with Gasteiger partial charge in [-0.05, 0) is 61.7 Å². The zero-order chi connectivity index (χ0) is 47.4. The summed E-state index contributed by atoms with van der Waals surface area (Å²) in [7, 11) is -4.84. The molecule has 1 aliphatic heterocycles. The number of aliphatic hydroxyl groups is 2. The molecule has 22 heteroatoms. The quantitative estimate of drug-likeness (QED) is 0.113. The van der Waals surface area contributed by atoms with E-state index in [4.69, 9.17) is 14.6 Å². The number of aromatic amines is 1. The fourth-order valence-corrected chi connectivity index (χ4v) is 9.11. The van der Waals surface area contributed by atoms with Gasteiger partial charge in [-0.3, -0.25) is 14.3 Å². The van der Waals surface area contributed by atoms with Gasteiger partial charge in [0.2, 0.25) is 26.0 Å². The molecule has 5 aromatic rings. The number of carbonyl (C=O) groups is 1. The molecule has 65 heavy (non-hydrogen) atoms. The number of nitrogens with zero attached hydrogens (tertiary/aromatic N) is 8. The summed E-state index contributed by atoms with van der Waals surface area (Å²) in [5.41, 5.74) is 2.85. The summed E-state index contributed by atoms with van der Waals surface area (Å²) in [6.07, 6.45) is 1.97. The highest BCUT2D eigenvalue weighted by molar-refractivity contribution is 7.92. The first-order chi connectivity index (χ1) is 30.7. The number of benzene rings is 2. The molecule has 19 nitrogen and oxygen atoms in total. The number of rotatable bonds is 18. The van der Waals surface area contributed by atoms with Crippen molar-refractivity contribution in [2.24, 2.45) is 7.05 Å². The number of carbonyl (C=O) groups excluding carboxylic acids is 1. The summed E-state index contributed by atoms with van der Waals surface area (Å²) in [6, 6.07) is 9.80. The fraction of sp³-hybridized carbons (Fsp3) is 0.442. The van der Waals surface area contributed by atoms with Gasteiger partial charge < -0.3 is 24.8 Å². The second-order valence-corrected chi connectivity index (χ2v) is 19.9. The average Bonchev–Trinajstić information content (AvgIpc) is 3.57. The van der Waals surface area contributed by atoms with E-state index in [1.54, 1.807) is 14.0 Å². The van der Waals surface area contributed by atoms with Gasteiger partial charge in [0.1, 0.15) is 22.9 Å². The molecule has 4 heterocycles. The van der Waals surface area contributed by atoms with Crippen molar-refractivity contribution in [1.82, 2.24) is 39.1 Å². The Balaban J connectivity index is 1.10. The SMILES string of the molecule is CCCc1nn(C)c2c(=O)[nH]c(-c3cc(S(=O)(=O)N4CCN(OC(=O)C[C@H](O)C[C@@H](O)/C=C/c5c(-c6ccc(F)cc6)nc(N(C)S(C)(=O)=O)nc5C(C)C)CC4)ccc3OCC)nc12. The van der Waals surface area contributed by atoms with Crippen molar-refractivity contribution in [2.75, 3.05) is 50.4 Å². The molecule has 2 aromatic carbocycles. The molecule has 3 aromatic heterocycles. The van der Waals surface area contributed by atoms with Crippen molar-refractivity contribution in [2.45, 2.75) is 76.4 Å². The zero-order valence-corrected chi connectivity index (χ0v) is 38.9. The molecule has 0 aliphatic carbocycles. The molecular formula is C43H54FN9O10S2. The van der Waals surface area contributed by atoms with Gasteiger partial charge in [0.25, 0.3) is 5.56 Å². The summed E-state index contributed by atoms with van der Waals surface area (Å²) in [4.78, 5) is 48.0. The molecule has 350 valence electrons. The first-order valence-electron chi connectivity index (χ1n) is 21.1. The first kappa shape index (κ1) is 48.8. The Morgan fingerprint density at radius 3 is 2.34 bits per heavy atom. The molecule has 0 radical (unpaired) electrons. The second kappa shape index (κ2) is 20.3. The Morgan fingerprint density at radius 2 is 1.71 bits per heavy atom. The normalized spacial score (nSPS) is 15.2. The third kappa shape index (κ3) is 11.2. The minimum atomic E-state index is -4.09. The van der Waals surface area contributed by atoms with Crippen LogP contribution in [0.25, 0.3) is 39.8 Å². The van der Waals surface area contributed by atoms with Crippen LogP contribution in [0.2, 0.25) is 0 Å². The van der Waals surface area contributed by atoms with Crippen LogP contribution in [-0.2, 0) is 43.1 Å². The number of sulfonamides is 2. The Kier molecular flexibility index (Phi) is 15.2. The van der Waals surface area contributed by atoms with E-state index in [0.717, 1.165) is 17.0 Å². The minimum absolute atomic E-state index is 0.0263. The number of ether oxygens (including phenoxy) is 1. The molecular weight excluding hydrogens is 886 g/mol. The lowest BCUT2D eigenvalue weighted by Crippen LogP contribution is -2.49. The lowest BCUT2D eigenvalue weighted by molar-refractivity contribution is -0.197. The van der Waals surface area contributed by atoms with Gasteiger partial charge in [0, 0.05) is 57.8 Å². The van der Waals surface area contributed by atoms with Gasteiger partial charge in [-0.15, -0.1) is 5.06 Å². The van der Waals surface area contributed by atoms with Gasteiger partial charge in [-0.25, -0.2) is 40.5 Å². The van der Waals surface area contributed by atoms with Gasteiger partial charge in [-0.2, -0.15) is 9.40 Å². The average molecular weight is 940 g/mol. The highest BCUT2D eigenvalue weighted by atomic mass is 32.2. The van der Waals surface area contributed by atoms with Crippen molar-refractivity contribution in [3.8, 4) is 28.4 Å². The summed E-state index contributed by atoms with van der Waals surface area (Å²) in [5.74, 6) is -1.16. The molecule has 0 unspecified atom stereocenters. The Morgan fingerprint density at radius 1 is 1.02 bits per heavy atom. The Hall–Kier alpha value is -5.65. The van der Waals surface area contributed by atoms with E-state index in [-0.39, 0.29) is 73.1 Å². The summed E-state index contributed by atoms with van der Waals surface area (Å²) >= 11 is 0. The number of aliphatic hydroxyl groups excluding tert-OH is 2. The third-order valence-electron chi connectivity index (χ3n) is 10.6. The Bertz CT molecular complexity index is 2850. The molecule has 1 aliphatic rings. The number of fused-ring (bicyclic) bond motifs is 1. The van der Waals surface area contributed by atoms with Crippen molar-refractivity contribution < 1.29 is 45.8 Å². The molecule has 1 saturated heterocycles. The maximum Gasteiger partial charge on any atom is 0.327 e. The van der Waals surface area contributed by atoms with Gasteiger partial charge in [-0.1, -0.05) is 39.3 Å². The number of H-pyrrole nitrogens is 1. The lowest BCUT2D eigenvalue weighted by Gasteiger charge is -2.32. The summed E-state index contributed by atoms with van der Waals surface area (Å²) in [6.45, 7) is 7.72. The number of aromatic nitrogens is 6. The van der Waals surface area contributed by atoms with E-state index in [2.05, 4.69) is 20.1 Å². The number of aryl methyl sites for hydroxylation is 2.